The first-order valence-corrected chi connectivity index (χ1v) is 9.98. The summed E-state index contributed by atoms with van der Waals surface area (Å²) < 4.78 is 30.2. The van der Waals surface area contributed by atoms with Crippen molar-refractivity contribution in [1.29, 1.82) is 0 Å². The van der Waals surface area contributed by atoms with Gasteiger partial charge in [0.05, 0.1) is 0 Å². The van der Waals surface area contributed by atoms with Crippen LogP contribution in [0.2, 0.25) is 0 Å². The maximum atomic E-state index is 12.8. The van der Waals surface area contributed by atoms with E-state index < -0.39 is 10.2 Å². The molecule has 21 heavy (non-hydrogen) atoms. The van der Waals surface area contributed by atoms with Crippen molar-refractivity contribution >= 4 is 10.2 Å². The molecule has 6 heteroatoms. The van der Waals surface area contributed by atoms with Crippen LogP contribution in [0.3, 0.4) is 0 Å². The first-order valence-electron chi connectivity index (χ1n) is 8.54. The Hall–Kier alpha value is -0.170. The summed E-state index contributed by atoms with van der Waals surface area (Å²) in [4.78, 5) is 0. The molecular weight excluding hydrogens is 286 g/mol. The van der Waals surface area contributed by atoms with E-state index >= 15 is 0 Å². The van der Waals surface area contributed by atoms with Gasteiger partial charge in [0.1, 0.15) is 0 Å². The lowest BCUT2D eigenvalue weighted by Gasteiger charge is -2.37. The smallest absolute Gasteiger partial charge is 0.280 e. The molecule has 3 unspecified atom stereocenters. The predicted octanol–water partition coefficient (Wildman–Crippen LogP) is 1.86. The van der Waals surface area contributed by atoms with Gasteiger partial charge in [-0.15, -0.1) is 0 Å². The van der Waals surface area contributed by atoms with Gasteiger partial charge >= 0.3 is 0 Å². The van der Waals surface area contributed by atoms with E-state index in [1.807, 2.05) is 0 Å². The van der Waals surface area contributed by atoms with E-state index in [1.54, 1.807) is 4.31 Å². The van der Waals surface area contributed by atoms with Crippen LogP contribution in [0.25, 0.3) is 0 Å². The molecule has 0 aromatic carbocycles. The van der Waals surface area contributed by atoms with E-state index in [1.165, 1.54) is 6.42 Å². The first kappa shape index (κ1) is 17.2. The van der Waals surface area contributed by atoms with Crippen LogP contribution in [0.5, 0.6) is 0 Å². The molecule has 0 aromatic heterocycles. The summed E-state index contributed by atoms with van der Waals surface area (Å²) in [6.07, 6.45) is 7.55. The van der Waals surface area contributed by atoms with Crippen LogP contribution in [-0.4, -0.2) is 44.4 Å². The van der Waals surface area contributed by atoms with Crippen molar-refractivity contribution in [3.63, 3.8) is 0 Å². The normalized spacial score (nSPS) is 32.2. The van der Waals surface area contributed by atoms with Gasteiger partial charge in [-0.05, 0) is 38.1 Å². The highest BCUT2D eigenvalue weighted by atomic mass is 32.2. The summed E-state index contributed by atoms with van der Waals surface area (Å²) >= 11 is 0. The van der Waals surface area contributed by atoms with Gasteiger partial charge in [-0.1, -0.05) is 33.1 Å². The largest absolute Gasteiger partial charge is 0.315 e. The Kier molecular flexibility index (Phi) is 6.47. The van der Waals surface area contributed by atoms with Crippen molar-refractivity contribution in [2.24, 2.45) is 5.92 Å². The minimum atomic E-state index is -3.35. The van der Waals surface area contributed by atoms with Gasteiger partial charge in [0.2, 0.25) is 0 Å². The molecule has 0 aromatic rings. The minimum Gasteiger partial charge on any atom is -0.315 e. The molecule has 0 radical (unpaired) electrons. The molecule has 5 nitrogen and oxygen atoms in total. The first-order chi connectivity index (χ1) is 10.0. The van der Waals surface area contributed by atoms with Gasteiger partial charge in [-0.3, -0.25) is 0 Å². The average molecular weight is 317 g/mol. The fourth-order valence-corrected chi connectivity index (χ4v) is 5.37. The molecule has 3 atom stereocenters. The van der Waals surface area contributed by atoms with Gasteiger partial charge in [0.15, 0.2) is 0 Å². The number of likely N-dealkylation sites (N-methyl/N-ethyl adjacent to an activating group) is 1. The predicted molar refractivity (Wildman–Crippen MR) is 86.4 cm³/mol. The quantitative estimate of drug-likeness (QED) is 0.786. The fourth-order valence-electron chi connectivity index (χ4n) is 3.56. The summed E-state index contributed by atoms with van der Waals surface area (Å²) in [6, 6.07) is 0.223. The van der Waals surface area contributed by atoms with E-state index in [0.29, 0.717) is 12.5 Å². The summed E-state index contributed by atoms with van der Waals surface area (Å²) in [5.74, 6) is 0.450. The highest BCUT2D eigenvalue weighted by molar-refractivity contribution is 7.87. The molecule has 2 rings (SSSR count). The number of nitrogens with one attached hydrogen (secondary N) is 2. The molecule has 1 aliphatic carbocycles. The zero-order chi connectivity index (χ0) is 15.3. The van der Waals surface area contributed by atoms with Gasteiger partial charge < -0.3 is 5.32 Å². The second-order valence-electron chi connectivity index (χ2n) is 6.56. The second kappa shape index (κ2) is 7.90. The van der Waals surface area contributed by atoms with Crippen molar-refractivity contribution in [2.75, 3.05) is 19.6 Å². The molecule has 2 aliphatic rings. The topological polar surface area (TPSA) is 61.4 Å². The van der Waals surface area contributed by atoms with Crippen LogP contribution in [0.1, 0.15) is 58.8 Å². The van der Waals surface area contributed by atoms with E-state index in [4.69, 9.17) is 0 Å². The van der Waals surface area contributed by atoms with Gasteiger partial charge in [-0.2, -0.15) is 17.4 Å². The summed E-state index contributed by atoms with van der Waals surface area (Å²) in [6.45, 7) is 6.53. The molecular formula is C15H31N3O2S. The highest BCUT2D eigenvalue weighted by Crippen LogP contribution is 2.26. The fraction of sp³-hybridized carbons (Fsp3) is 1.00. The number of rotatable bonds is 6. The highest BCUT2D eigenvalue weighted by Gasteiger charge is 2.34. The molecule has 1 saturated heterocycles. The second-order valence-corrected chi connectivity index (χ2v) is 8.21. The Morgan fingerprint density at radius 3 is 2.52 bits per heavy atom. The van der Waals surface area contributed by atoms with Crippen LogP contribution < -0.4 is 10.0 Å². The lowest BCUT2D eigenvalue weighted by molar-refractivity contribution is 0.235. The third kappa shape index (κ3) is 4.65. The molecule has 124 valence electrons. The summed E-state index contributed by atoms with van der Waals surface area (Å²) in [5.41, 5.74) is 0. The van der Waals surface area contributed by atoms with Crippen molar-refractivity contribution < 1.29 is 8.42 Å². The Labute approximate surface area is 130 Å². The molecule has 0 spiro atoms. The van der Waals surface area contributed by atoms with Gasteiger partial charge in [0, 0.05) is 25.2 Å². The van der Waals surface area contributed by atoms with Crippen molar-refractivity contribution in [1.82, 2.24) is 14.3 Å². The van der Waals surface area contributed by atoms with Crippen molar-refractivity contribution in [3.05, 3.63) is 0 Å². The van der Waals surface area contributed by atoms with E-state index in [9.17, 15) is 8.42 Å². The third-order valence-electron chi connectivity index (χ3n) is 4.92. The van der Waals surface area contributed by atoms with Crippen LogP contribution in [0, 0.1) is 5.92 Å². The lowest BCUT2D eigenvalue weighted by Crippen LogP contribution is -2.55. The summed E-state index contributed by atoms with van der Waals surface area (Å²) in [5, 5.41) is 3.30. The van der Waals surface area contributed by atoms with Crippen LogP contribution in [-0.2, 0) is 10.2 Å². The standard InChI is InChI=1S/C15H31N3O2S/c1-3-16-12-14-9-6-7-11-18(14)21(19,20)17-15-10-5-4-8-13(15)2/h13-17H,3-12H2,1-2H3. The average Bonchev–Trinajstić information content (AvgIpc) is 2.47. The minimum absolute atomic E-state index is 0.107. The van der Waals surface area contributed by atoms with Crippen LogP contribution in [0.4, 0.5) is 0 Å². The molecule has 2 fully saturated rings. The Morgan fingerprint density at radius 2 is 1.81 bits per heavy atom. The zero-order valence-corrected chi connectivity index (χ0v) is 14.3. The monoisotopic (exact) mass is 317 g/mol. The third-order valence-corrected chi connectivity index (χ3v) is 6.62. The maximum Gasteiger partial charge on any atom is 0.280 e. The van der Waals surface area contributed by atoms with E-state index in [2.05, 4.69) is 23.9 Å². The Bertz CT molecular complexity index is 413. The SMILES string of the molecule is CCNCC1CCCCN1S(=O)(=O)NC1CCCCC1C. The number of piperidine rings is 1. The van der Waals surface area contributed by atoms with E-state index in [-0.39, 0.29) is 12.1 Å². The number of nitrogens with zero attached hydrogens (tertiary/aromatic N) is 1. The molecule has 0 bridgehead atoms. The zero-order valence-electron chi connectivity index (χ0n) is 13.5. The molecule has 2 N–H and O–H groups in total. The summed E-state index contributed by atoms with van der Waals surface area (Å²) in [7, 11) is -3.35. The lowest BCUT2D eigenvalue weighted by atomic mass is 9.87. The maximum absolute atomic E-state index is 12.8. The van der Waals surface area contributed by atoms with Crippen molar-refractivity contribution in [3.8, 4) is 0 Å². The van der Waals surface area contributed by atoms with Crippen molar-refractivity contribution in [2.45, 2.75) is 70.9 Å². The Balaban J connectivity index is 2.01. The molecule has 0 amide bonds. The van der Waals surface area contributed by atoms with Crippen LogP contribution in [0.15, 0.2) is 0 Å². The Morgan fingerprint density at radius 1 is 1.10 bits per heavy atom. The van der Waals surface area contributed by atoms with Gasteiger partial charge in [0.25, 0.3) is 10.2 Å². The van der Waals surface area contributed by atoms with E-state index in [0.717, 1.165) is 51.6 Å². The van der Waals surface area contributed by atoms with Gasteiger partial charge in [-0.25, -0.2) is 0 Å². The number of hydrogen-bond acceptors (Lipinski definition) is 3. The number of hydrogen-bond donors (Lipinski definition) is 2. The molecule has 1 heterocycles. The van der Waals surface area contributed by atoms with Crippen LogP contribution >= 0.6 is 0 Å². The molecule has 1 saturated carbocycles. The molecule has 1 aliphatic heterocycles.